The number of hydrogen-bond donors (Lipinski definition) is 3. The van der Waals surface area contributed by atoms with Crippen molar-refractivity contribution in [3.8, 4) is 0 Å². The highest BCUT2D eigenvalue weighted by Gasteiger charge is 2.05. The lowest BCUT2D eigenvalue weighted by atomic mass is 10.2. The van der Waals surface area contributed by atoms with Gasteiger partial charge in [-0.2, -0.15) is 0 Å². The summed E-state index contributed by atoms with van der Waals surface area (Å²) in [5, 5.41) is 20.0. The third-order valence-corrected chi connectivity index (χ3v) is 2.09. The Labute approximate surface area is 100 Å². The highest BCUT2D eigenvalue weighted by Crippen LogP contribution is 1.99. The summed E-state index contributed by atoms with van der Waals surface area (Å²) >= 11 is 0. The molecule has 1 atom stereocenters. The summed E-state index contributed by atoms with van der Waals surface area (Å²) in [5.74, 6) is -0.312. The Hall–Kier alpha value is -1.43. The smallest absolute Gasteiger partial charge is 0.246 e. The number of ether oxygens (including phenoxy) is 1. The van der Waals surface area contributed by atoms with Gasteiger partial charge < -0.3 is 20.3 Å². The van der Waals surface area contributed by atoms with Gasteiger partial charge in [0, 0.05) is 6.54 Å². The fourth-order valence-electron chi connectivity index (χ4n) is 1.18. The zero-order valence-corrected chi connectivity index (χ0v) is 9.50. The minimum Gasteiger partial charge on any atom is -0.394 e. The highest BCUT2D eigenvalue weighted by molar-refractivity contribution is 5.77. The molecule has 5 nitrogen and oxygen atoms in total. The Morgan fingerprint density at radius 3 is 2.71 bits per heavy atom. The summed E-state index contributed by atoms with van der Waals surface area (Å²) in [5.41, 5.74) is 0.996. The molecule has 5 heteroatoms. The Morgan fingerprint density at radius 2 is 2.06 bits per heavy atom. The predicted octanol–water partition coefficient (Wildman–Crippen LogP) is -0.327. The van der Waals surface area contributed by atoms with Crippen LogP contribution in [-0.4, -0.2) is 42.0 Å². The van der Waals surface area contributed by atoms with E-state index in [0.717, 1.165) is 5.56 Å². The number of benzene rings is 1. The molecule has 1 aromatic rings. The molecule has 17 heavy (non-hydrogen) atoms. The van der Waals surface area contributed by atoms with E-state index in [2.05, 4.69) is 5.32 Å². The van der Waals surface area contributed by atoms with Gasteiger partial charge in [0.2, 0.25) is 5.91 Å². The molecule has 1 rings (SSSR count). The van der Waals surface area contributed by atoms with Crippen LogP contribution in [-0.2, 0) is 16.1 Å². The predicted molar refractivity (Wildman–Crippen MR) is 62.2 cm³/mol. The van der Waals surface area contributed by atoms with Gasteiger partial charge in [0.05, 0.1) is 19.3 Å². The molecule has 0 radical (unpaired) electrons. The molecule has 0 aromatic heterocycles. The van der Waals surface area contributed by atoms with Crippen molar-refractivity contribution in [1.29, 1.82) is 0 Å². The molecular formula is C12H17NO4. The van der Waals surface area contributed by atoms with Crippen molar-refractivity contribution < 1.29 is 19.7 Å². The van der Waals surface area contributed by atoms with E-state index in [9.17, 15) is 4.79 Å². The first-order valence-corrected chi connectivity index (χ1v) is 5.39. The average molecular weight is 239 g/mol. The van der Waals surface area contributed by atoms with E-state index in [-0.39, 0.29) is 25.7 Å². The largest absolute Gasteiger partial charge is 0.394 e. The first-order chi connectivity index (χ1) is 8.22. The van der Waals surface area contributed by atoms with Crippen LogP contribution in [0.2, 0.25) is 0 Å². The Kier molecular flexibility index (Phi) is 6.24. The van der Waals surface area contributed by atoms with E-state index in [1.807, 2.05) is 30.3 Å². The Balaban J connectivity index is 2.12. The van der Waals surface area contributed by atoms with E-state index in [0.29, 0.717) is 6.61 Å². The van der Waals surface area contributed by atoms with E-state index < -0.39 is 6.10 Å². The summed E-state index contributed by atoms with van der Waals surface area (Å²) in [6.45, 7) is -0.0287. The van der Waals surface area contributed by atoms with Crippen molar-refractivity contribution in [2.75, 3.05) is 19.8 Å². The maximum Gasteiger partial charge on any atom is 0.246 e. The number of carbonyl (C=O) groups is 1. The van der Waals surface area contributed by atoms with Crippen LogP contribution in [0.4, 0.5) is 0 Å². The fourth-order valence-corrected chi connectivity index (χ4v) is 1.18. The summed E-state index contributed by atoms with van der Waals surface area (Å²) in [7, 11) is 0. The average Bonchev–Trinajstić information content (AvgIpc) is 2.37. The van der Waals surface area contributed by atoms with Gasteiger partial charge in [-0.15, -0.1) is 0 Å². The van der Waals surface area contributed by atoms with Crippen LogP contribution in [0.15, 0.2) is 30.3 Å². The first-order valence-electron chi connectivity index (χ1n) is 5.39. The number of aliphatic hydroxyl groups is 2. The lowest BCUT2D eigenvalue weighted by Gasteiger charge is -2.09. The lowest BCUT2D eigenvalue weighted by Crippen LogP contribution is -2.35. The summed E-state index contributed by atoms with van der Waals surface area (Å²) in [6.07, 6.45) is -0.923. The third-order valence-electron chi connectivity index (χ3n) is 2.09. The number of hydrogen-bond acceptors (Lipinski definition) is 4. The normalized spacial score (nSPS) is 12.1. The standard InChI is InChI=1S/C12H17NO4/c14-7-11(15)6-13-12(16)9-17-8-10-4-2-1-3-5-10/h1-5,11,14-15H,6-9H2,(H,13,16). The topological polar surface area (TPSA) is 78.8 Å². The van der Waals surface area contributed by atoms with Gasteiger partial charge in [-0.1, -0.05) is 30.3 Å². The van der Waals surface area contributed by atoms with Crippen LogP contribution in [0, 0.1) is 0 Å². The molecule has 0 aliphatic rings. The van der Waals surface area contributed by atoms with Crippen molar-refractivity contribution >= 4 is 5.91 Å². The second-order valence-electron chi connectivity index (χ2n) is 3.62. The molecule has 1 aromatic carbocycles. The Morgan fingerprint density at radius 1 is 1.35 bits per heavy atom. The minimum absolute atomic E-state index is 0.0318. The van der Waals surface area contributed by atoms with E-state index >= 15 is 0 Å². The van der Waals surface area contributed by atoms with Crippen molar-refractivity contribution in [2.45, 2.75) is 12.7 Å². The molecule has 0 fully saturated rings. The van der Waals surface area contributed by atoms with Gasteiger partial charge in [0.15, 0.2) is 0 Å². The van der Waals surface area contributed by atoms with Gasteiger partial charge in [-0.05, 0) is 5.56 Å². The Bertz CT molecular complexity index is 329. The third kappa shape index (κ3) is 6.01. The number of rotatable bonds is 7. The molecule has 0 saturated carbocycles. The van der Waals surface area contributed by atoms with Crippen LogP contribution in [0.5, 0.6) is 0 Å². The second-order valence-corrected chi connectivity index (χ2v) is 3.62. The minimum atomic E-state index is -0.923. The van der Waals surface area contributed by atoms with Crippen molar-refractivity contribution in [2.24, 2.45) is 0 Å². The monoisotopic (exact) mass is 239 g/mol. The SMILES string of the molecule is O=C(COCc1ccccc1)NCC(O)CO. The van der Waals surface area contributed by atoms with Crippen LogP contribution < -0.4 is 5.32 Å². The molecule has 0 heterocycles. The van der Waals surface area contributed by atoms with E-state index in [1.165, 1.54) is 0 Å². The molecular weight excluding hydrogens is 222 g/mol. The molecule has 1 unspecified atom stereocenters. The molecule has 3 N–H and O–H groups in total. The molecule has 0 bridgehead atoms. The first kappa shape index (κ1) is 13.6. The van der Waals surface area contributed by atoms with Gasteiger partial charge in [0.1, 0.15) is 6.61 Å². The zero-order chi connectivity index (χ0) is 12.5. The van der Waals surface area contributed by atoms with Crippen molar-refractivity contribution in [3.05, 3.63) is 35.9 Å². The van der Waals surface area contributed by atoms with Gasteiger partial charge >= 0.3 is 0 Å². The molecule has 0 spiro atoms. The number of carbonyl (C=O) groups excluding carboxylic acids is 1. The van der Waals surface area contributed by atoms with Gasteiger partial charge in [0.25, 0.3) is 0 Å². The fraction of sp³-hybridized carbons (Fsp3) is 0.417. The number of amides is 1. The van der Waals surface area contributed by atoms with E-state index in [4.69, 9.17) is 14.9 Å². The van der Waals surface area contributed by atoms with Crippen LogP contribution in [0.1, 0.15) is 5.56 Å². The molecule has 1 amide bonds. The zero-order valence-electron chi connectivity index (χ0n) is 9.50. The van der Waals surface area contributed by atoms with Crippen molar-refractivity contribution in [1.82, 2.24) is 5.32 Å². The molecule has 94 valence electrons. The van der Waals surface area contributed by atoms with E-state index in [1.54, 1.807) is 0 Å². The van der Waals surface area contributed by atoms with Crippen LogP contribution >= 0.6 is 0 Å². The summed E-state index contributed by atoms with van der Waals surface area (Å²) < 4.78 is 5.19. The van der Waals surface area contributed by atoms with Crippen molar-refractivity contribution in [3.63, 3.8) is 0 Å². The summed E-state index contributed by atoms with van der Waals surface area (Å²) in [4.78, 5) is 11.2. The molecule has 0 saturated heterocycles. The quantitative estimate of drug-likeness (QED) is 0.609. The number of aliphatic hydroxyl groups excluding tert-OH is 2. The molecule has 0 aliphatic carbocycles. The second kappa shape index (κ2) is 7.78. The number of nitrogens with one attached hydrogen (secondary N) is 1. The highest BCUT2D eigenvalue weighted by atomic mass is 16.5. The van der Waals surface area contributed by atoms with Gasteiger partial charge in [-0.3, -0.25) is 4.79 Å². The van der Waals surface area contributed by atoms with Crippen LogP contribution in [0.25, 0.3) is 0 Å². The van der Waals surface area contributed by atoms with Crippen LogP contribution in [0.3, 0.4) is 0 Å². The maximum absolute atomic E-state index is 11.2. The summed E-state index contributed by atoms with van der Waals surface area (Å²) in [6, 6.07) is 9.53. The lowest BCUT2D eigenvalue weighted by molar-refractivity contribution is -0.126. The maximum atomic E-state index is 11.2. The molecule has 0 aliphatic heterocycles. The van der Waals surface area contributed by atoms with Gasteiger partial charge in [-0.25, -0.2) is 0 Å².